The van der Waals surface area contributed by atoms with Gasteiger partial charge in [0.2, 0.25) is 0 Å². The number of benzene rings is 2. The molecule has 0 bridgehead atoms. The second-order valence-corrected chi connectivity index (χ2v) is 8.68. The number of oxime groups is 1. The number of alkyl halides is 3. The van der Waals surface area contributed by atoms with Gasteiger partial charge >= 0.3 is 6.18 Å². The summed E-state index contributed by atoms with van der Waals surface area (Å²) in [4.78, 5) is 6.94. The largest absolute Gasteiger partial charge is 0.416 e. The van der Waals surface area contributed by atoms with Gasteiger partial charge in [0.1, 0.15) is 6.56 Å². The molecule has 0 atom stereocenters. The molecule has 0 aromatic heterocycles. The number of halogens is 3. The van der Waals surface area contributed by atoms with E-state index in [1.54, 1.807) is 0 Å². The second kappa shape index (κ2) is 10.9. The predicted octanol–water partition coefficient (Wildman–Crippen LogP) is 7.46. The standard InChI is InChI=1S/C28H35F3N2O/c1-3-22-17-24(11-12-25(22)18-33-14-7-15-33)20(2)32-34-19-21-10-13-26(23-8-5-4-6-9-23)27(16-21)28(29,30)31/h10-13,16-17,23H,3-9,14-15,18-19H2,1-2H3/b32-20+/i1D3,2D3,3D2,19D2,23D. The second-order valence-electron chi connectivity index (χ2n) is 8.68. The van der Waals surface area contributed by atoms with E-state index in [9.17, 15) is 13.2 Å². The third-order valence-corrected chi connectivity index (χ3v) is 6.32. The molecular formula is C28H35F3N2O. The maximum atomic E-state index is 14.2. The zero-order valence-electron chi connectivity index (χ0n) is 29.8. The molecule has 1 saturated heterocycles. The van der Waals surface area contributed by atoms with Crippen LogP contribution >= 0.6 is 0 Å². The highest BCUT2D eigenvalue weighted by Gasteiger charge is 2.35. The van der Waals surface area contributed by atoms with Gasteiger partial charge in [0.05, 0.1) is 14.0 Å². The van der Waals surface area contributed by atoms with Gasteiger partial charge in [-0.3, -0.25) is 4.90 Å². The summed E-state index contributed by atoms with van der Waals surface area (Å²) >= 11 is 0. The van der Waals surface area contributed by atoms with Crippen LogP contribution in [0.1, 0.15) is 107 Å². The lowest BCUT2D eigenvalue weighted by molar-refractivity contribution is -0.138. The summed E-state index contributed by atoms with van der Waals surface area (Å²) in [6.07, 6.45) is -4.43. The minimum Gasteiger partial charge on any atom is -0.391 e. The number of nitrogens with zero attached hydrogens (tertiary/aromatic N) is 2. The maximum absolute atomic E-state index is 14.2. The summed E-state index contributed by atoms with van der Waals surface area (Å²) in [7, 11) is 0. The molecule has 2 fully saturated rings. The van der Waals surface area contributed by atoms with Crippen LogP contribution in [-0.4, -0.2) is 23.7 Å². The summed E-state index contributed by atoms with van der Waals surface area (Å²) in [6.45, 7) is -7.56. The maximum Gasteiger partial charge on any atom is 0.416 e. The third-order valence-electron chi connectivity index (χ3n) is 6.32. The Morgan fingerprint density at radius 1 is 1.12 bits per heavy atom. The number of rotatable bonds is 8. The lowest BCUT2D eigenvalue weighted by atomic mass is 9.81. The lowest BCUT2D eigenvalue weighted by Gasteiger charge is -2.31. The van der Waals surface area contributed by atoms with Crippen molar-refractivity contribution in [1.29, 1.82) is 0 Å². The number of hydrogen-bond donors (Lipinski definition) is 0. The van der Waals surface area contributed by atoms with Crippen LogP contribution in [0.15, 0.2) is 41.6 Å². The van der Waals surface area contributed by atoms with Crippen molar-refractivity contribution < 1.29 is 33.1 Å². The van der Waals surface area contributed by atoms with E-state index >= 15 is 0 Å². The molecule has 2 aliphatic rings. The average Bonchev–Trinajstić information content (AvgIpc) is 2.89. The molecule has 1 aliphatic carbocycles. The quantitative estimate of drug-likeness (QED) is 0.287. The van der Waals surface area contributed by atoms with E-state index in [0.29, 0.717) is 24.5 Å². The van der Waals surface area contributed by atoms with Gasteiger partial charge in [0, 0.05) is 18.9 Å². The van der Waals surface area contributed by atoms with Gasteiger partial charge < -0.3 is 4.84 Å². The van der Waals surface area contributed by atoms with Crippen molar-refractivity contribution in [3.63, 3.8) is 0 Å². The van der Waals surface area contributed by atoms with Crippen molar-refractivity contribution >= 4 is 5.71 Å². The first-order chi connectivity index (χ1) is 20.6. The molecular weight excluding hydrogens is 437 g/mol. The summed E-state index contributed by atoms with van der Waals surface area (Å²) in [5.41, 5.74) is -3.12. The van der Waals surface area contributed by atoms with Crippen LogP contribution in [0.25, 0.3) is 0 Å². The summed E-state index contributed by atoms with van der Waals surface area (Å²) in [5.74, 6) is -1.49. The van der Waals surface area contributed by atoms with Crippen molar-refractivity contribution in [2.24, 2.45) is 5.16 Å². The van der Waals surface area contributed by atoms with Crippen molar-refractivity contribution in [2.45, 2.75) is 83.8 Å². The molecule has 1 saturated carbocycles. The molecule has 2 aromatic carbocycles. The van der Waals surface area contributed by atoms with E-state index in [2.05, 4.69) is 5.16 Å². The smallest absolute Gasteiger partial charge is 0.391 e. The Kier molecular flexibility index (Phi) is 4.59. The minimum atomic E-state index is -4.91. The van der Waals surface area contributed by atoms with E-state index in [1.807, 2.05) is 4.90 Å². The van der Waals surface area contributed by atoms with Gasteiger partial charge in [-0.05, 0) is 91.4 Å². The highest BCUT2D eigenvalue weighted by molar-refractivity contribution is 5.98. The molecule has 4 rings (SSSR count). The van der Waals surface area contributed by atoms with Crippen molar-refractivity contribution in [3.05, 3.63) is 69.8 Å². The fourth-order valence-corrected chi connectivity index (χ4v) is 4.33. The Hall–Kier alpha value is -2.34. The first kappa shape index (κ1) is 14.3. The monoisotopic (exact) mass is 483 g/mol. The van der Waals surface area contributed by atoms with Crippen LogP contribution in [0, 0.1) is 0 Å². The van der Waals surface area contributed by atoms with Crippen LogP contribution in [0.2, 0.25) is 0 Å². The van der Waals surface area contributed by atoms with E-state index in [0.717, 1.165) is 44.1 Å². The molecule has 0 amide bonds. The van der Waals surface area contributed by atoms with Crippen LogP contribution < -0.4 is 0 Å². The summed E-state index contributed by atoms with van der Waals surface area (Å²) in [6, 6.07) is 6.39. The molecule has 0 unspecified atom stereocenters. The number of hydrogen-bond acceptors (Lipinski definition) is 3. The van der Waals surface area contributed by atoms with Gasteiger partial charge in [-0.25, -0.2) is 0 Å². The highest BCUT2D eigenvalue weighted by atomic mass is 19.4. The van der Waals surface area contributed by atoms with E-state index < -0.39 is 55.5 Å². The Balaban J connectivity index is 1.74. The molecule has 0 spiro atoms. The Morgan fingerprint density at radius 3 is 2.62 bits per heavy atom. The molecule has 2 aromatic rings. The van der Waals surface area contributed by atoms with Crippen LogP contribution in [0.5, 0.6) is 0 Å². The number of likely N-dealkylation sites (tertiary alicyclic amines) is 1. The molecule has 6 heteroatoms. The van der Waals surface area contributed by atoms with Crippen LogP contribution in [0.4, 0.5) is 13.2 Å². The van der Waals surface area contributed by atoms with Gasteiger partial charge in [-0.2, -0.15) is 13.2 Å². The average molecular weight is 484 g/mol. The third kappa shape index (κ3) is 6.01. The van der Waals surface area contributed by atoms with Gasteiger partial charge in [-0.1, -0.05) is 55.5 Å². The van der Waals surface area contributed by atoms with Crippen molar-refractivity contribution in [2.75, 3.05) is 13.1 Å². The fourth-order valence-electron chi connectivity index (χ4n) is 4.33. The Morgan fingerprint density at radius 2 is 1.94 bits per heavy atom. The first-order valence-corrected chi connectivity index (χ1v) is 11.4. The Bertz CT molecular complexity index is 1410. The van der Waals surface area contributed by atoms with Gasteiger partial charge in [0.15, 0.2) is 0 Å². The SMILES string of the molecule is [2H]C([2H])([2H])/C(=N\OC([2H])([2H])c1ccc(C2([2H])CCCCC2)c(C(F)(F)F)c1)c1ccc(CN2CCC2)c(C([2H])([2H])C([2H])([2H])[2H])c1. The molecule has 34 heavy (non-hydrogen) atoms. The van der Waals surface area contributed by atoms with Crippen LogP contribution in [-0.2, 0) is 30.5 Å². The van der Waals surface area contributed by atoms with E-state index in [-0.39, 0.29) is 36.1 Å². The zero-order valence-corrected chi connectivity index (χ0v) is 18.8. The molecule has 1 heterocycles. The normalized spacial score (nSPS) is 25.4. The van der Waals surface area contributed by atoms with E-state index in [4.69, 9.17) is 19.9 Å². The Labute approximate surface area is 216 Å². The fraction of sp³-hybridized carbons (Fsp3) is 0.536. The van der Waals surface area contributed by atoms with Gasteiger partial charge in [0.25, 0.3) is 0 Å². The van der Waals surface area contributed by atoms with Crippen molar-refractivity contribution in [3.8, 4) is 0 Å². The predicted molar refractivity (Wildman–Crippen MR) is 130 cm³/mol. The molecule has 0 N–H and O–H groups in total. The topological polar surface area (TPSA) is 24.8 Å². The van der Waals surface area contributed by atoms with Crippen molar-refractivity contribution in [1.82, 2.24) is 4.90 Å². The highest BCUT2D eigenvalue weighted by Crippen LogP contribution is 2.41. The lowest BCUT2D eigenvalue weighted by Crippen LogP contribution is -2.36. The minimum absolute atomic E-state index is 0.224. The van der Waals surface area contributed by atoms with E-state index in [1.165, 1.54) is 12.1 Å². The molecule has 0 radical (unpaired) electrons. The number of aryl methyl sites for hydroxylation is 1. The molecule has 3 nitrogen and oxygen atoms in total. The first-order valence-electron chi connectivity index (χ1n) is 16.9. The molecule has 1 aliphatic heterocycles. The van der Waals surface area contributed by atoms with Crippen LogP contribution in [0.3, 0.4) is 0 Å². The zero-order chi connectivity index (χ0) is 33.6. The summed E-state index contributed by atoms with van der Waals surface area (Å²) < 4.78 is 132. The molecule has 184 valence electrons. The van der Waals surface area contributed by atoms with Gasteiger partial charge in [-0.15, -0.1) is 0 Å². The summed E-state index contributed by atoms with van der Waals surface area (Å²) in [5, 5.41) is 3.52.